The Kier molecular flexibility index (Phi) is 9.31. The highest BCUT2D eigenvalue weighted by atomic mass is 31.2. The van der Waals surface area contributed by atoms with Gasteiger partial charge >= 0.3 is 13.7 Å². The van der Waals surface area contributed by atoms with Crippen LogP contribution in [0.4, 0.5) is 5.95 Å². The maximum atomic E-state index is 14.3. The predicted molar refractivity (Wildman–Crippen MR) is 163 cm³/mol. The standard InChI is InChI=1S/C29H37N6O9P/c1-16(2)13-41-26(37)17(3)34-45(39,44-20-12-8-10-18-9-6-7-11-19(18)20)42-14-21-23(36)29(4,38)27(43-21)35-15-31-22-24(35)32-28(30)33-25(22)40-5/h6-12,15-17,21,23,27,36,38H,13-14H2,1-5H3,(H,34,39)(H2,30,32,33). The van der Waals surface area contributed by atoms with E-state index < -0.39 is 50.4 Å². The molecule has 45 heavy (non-hydrogen) atoms. The highest BCUT2D eigenvalue weighted by Crippen LogP contribution is 2.48. The third-order valence-electron chi connectivity index (χ3n) is 7.25. The van der Waals surface area contributed by atoms with Gasteiger partial charge in [0, 0.05) is 5.39 Å². The third-order valence-corrected chi connectivity index (χ3v) is 8.88. The largest absolute Gasteiger partial charge is 0.479 e. The maximum absolute atomic E-state index is 14.3. The number of carbonyl (C=O) groups excluding carboxylic acids is 1. The van der Waals surface area contributed by atoms with Gasteiger partial charge in [-0.15, -0.1) is 0 Å². The number of hydrogen-bond acceptors (Lipinski definition) is 13. The number of esters is 1. The highest BCUT2D eigenvalue weighted by molar-refractivity contribution is 7.52. The number of nitrogens with zero attached hydrogens (tertiary/aromatic N) is 4. The number of nitrogens with one attached hydrogen (secondary N) is 1. The first kappa shape index (κ1) is 32.5. The van der Waals surface area contributed by atoms with Gasteiger partial charge in [0.1, 0.15) is 29.6 Å². The van der Waals surface area contributed by atoms with Crippen LogP contribution in [0, 0.1) is 5.92 Å². The van der Waals surface area contributed by atoms with Crippen molar-refractivity contribution in [1.82, 2.24) is 24.6 Å². The van der Waals surface area contributed by atoms with Crippen LogP contribution in [0.3, 0.4) is 0 Å². The second-order valence-corrected chi connectivity index (χ2v) is 13.0. The minimum Gasteiger partial charge on any atom is -0.479 e. The lowest BCUT2D eigenvalue weighted by Crippen LogP contribution is -2.44. The highest BCUT2D eigenvalue weighted by Gasteiger charge is 2.54. The smallest absolute Gasteiger partial charge is 0.459 e. The van der Waals surface area contributed by atoms with E-state index in [9.17, 15) is 19.6 Å². The Morgan fingerprint density at radius 1 is 1.20 bits per heavy atom. The first-order valence-corrected chi connectivity index (χ1v) is 15.8. The molecular weight excluding hydrogens is 607 g/mol. The number of rotatable bonds is 12. The molecule has 0 spiro atoms. The minimum atomic E-state index is -4.36. The lowest BCUT2D eigenvalue weighted by molar-refractivity contribution is -0.146. The van der Waals surface area contributed by atoms with Crippen LogP contribution < -0.4 is 20.1 Å². The third kappa shape index (κ3) is 6.73. The molecule has 2 aromatic heterocycles. The van der Waals surface area contributed by atoms with E-state index in [2.05, 4.69) is 20.0 Å². The van der Waals surface area contributed by atoms with Gasteiger partial charge in [0.05, 0.1) is 26.7 Å². The Labute approximate surface area is 259 Å². The van der Waals surface area contributed by atoms with Gasteiger partial charge in [-0.1, -0.05) is 50.2 Å². The summed E-state index contributed by atoms with van der Waals surface area (Å²) in [7, 11) is -2.96. The molecule has 5 rings (SSSR count). The number of aliphatic hydroxyl groups is 2. The van der Waals surface area contributed by atoms with E-state index in [1.54, 1.807) is 24.3 Å². The van der Waals surface area contributed by atoms with E-state index in [1.807, 2.05) is 32.0 Å². The average molecular weight is 645 g/mol. The summed E-state index contributed by atoms with van der Waals surface area (Å²) >= 11 is 0. The van der Waals surface area contributed by atoms with Crippen LogP contribution in [0.25, 0.3) is 21.9 Å². The van der Waals surface area contributed by atoms with E-state index in [0.717, 1.165) is 5.39 Å². The topological polar surface area (TPSA) is 202 Å². The van der Waals surface area contributed by atoms with Crippen LogP contribution >= 0.6 is 7.75 Å². The van der Waals surface area contributed by atoms with E-state index in [-0.39, 0.29) is 41.3 Å². The number of nitrogen functional groups attached to an aromatic ring is 1. The molecule has 0 saturated carbocycles. The molecule has 6 atom stereocenters. The summed E-state index contributed by atoms with van der Waals surface area (Å²) < 4.78 is 44.0. The molecule has 15 nitrogen and oxygen atoms in total. The van der Waals surface area contributed by atoms with Crippen LogP contribution in [0.2, 0.25) is 0 Å². The van der Waals surface area contributed by atoms with E-state index in [1.165, 1.54) is 31.9 Å². The van der Waals surface area contributed by atoms with Crippen molar-refractivity contribution in [2.24, 2.45) is 5.92 Å². The zero-order valence-electron chi connectivity index (χ0n) is 25.5. The lowest BCUT2D eigenvalue weighted by atomic mass is 9.96. The first-order valence-electron chi connectivity index (χ1n) is 14.3. The van der Waals surface area contributed by atoms with Crippen LogP contribution in [0.15, 0.2) is 48.8 Å². The summed E-state index contributed by atoms with van der Waals surface area (Å²) in [6.07, 6.45) is -2.61. The summed E-state index contributed by atoms with van der Waals surface area (Å²) in [4.78, 5) is 25.1. The van der Waals surface area contributed by atoms with Crippen molar-refractivity contribution in [3.05, 3.63) is 48.8 Å². The zero-order valence-corrected chi connectivity index (χ0v) is 26.4. The number of nitrogens with two attached hydrogens (primary N) is 1. The summed E-state index contributed by atoms with van der Waals surface area (Å²) in [5.74, 6) is -0.307. The second kappa shape index (κ2) is 12.9. The molecule has 5 N–H and O–H groups in total. The van der Waals surface area contributed by atoms with Crippen LogP contribution in [0.1, 0.15) is 33.9 Å². The normalized spacial score (nSPS) is 23.7. The van der Waals surface area contributed by atoms with Gasteiger partial charge in [0.15, 0.2) is 17.4 Å². The predicted octanol–water partition coefficient (Wildman–Crippen LogP) is 2.96. The van der Waals surface area contributed by atoms with Crippen molar-refractivity contribution in [2.45, 2.75) is 57.8 Å². The summed E-state index contributed by atoms with van der Waals surface area (Å²) in [5, 5.41) is 26.6. The summed E-state index contributed by atoms with van der Waals surface area (Å²) in [6.45, 7) is 6.28. The first-order chi connectivity index (χ1) is 21.3. The second-order valence-electron chi connectivity index (χ2n) is 11.3. The molecule has 2 aromatic carbocycles. The average Bonchev–Trinajstić information content (AvgIpc) is 3.51. The van der Waals surface area contributed by atoms with E-state index in [0.29, 0.717) is 5.39 Å². The molecule has 1 saturated heterocycles. The quantitative estimate of drug-likeness (QED) is 0.129. The van der Waals surface area contributed by atoms with Gasteiger partial charge in [-0.25, -0.2) is 9.55 Å². The SMILES string of the molecule is COc1nc(N)nc2c1ncn2C1OC(COP(=O)(NC(C)C(=O)OCC(C)C)Oc2cccc3ccccc23)C(O)C1(C)O. The molecule has 4 aromatic rings. The molecule has 1 fully saturated rings. The van der Waals surface area contributed by atoms with E-state index >= 15 is 0 Å². The van der Waals surface area contributed by atoms with Crippen LogP contribution in [-0.2, 0) is 23.4 Å². The molecule has 0 amide bonds. The molecule has 0 radical (unpaired) electrons. The molecule has 242 valence electrons. The van der Waals surface area contributed by atoms with Gasteiger partial charge in [-0.05, 0) is 31.2 Å². The molecule has 1 aliphatic heterocycles. The van der Waals surface area contributed by atoms with Crippen molar-refractivity contribution in [3.63, 3.8) is 0 Å². The number of anilines is 1. The van der Waals surface area contributed by atoms with Crippen LogP contribution in [-0.4, -0.2) is 79.9 Å². The number of carbonyl (C=O) groups is 1. The van der Waals surface area contributed by atoms with Gasteiger partial charge < -0.3 is 34.7 Å². The molecule has 1 aliphatic rings. The van der Waals surface area contributed by atoms with Crippen LogP contribution in [0.5, 0.6) is 11.6 Å². The van der Waals surface area contributed by atoms with Crippen molar-refractivity contribution in [1.29, 1.82) is 0 Å². The molecule has 3 heterocycles. The van der Waals surface area contributed by atoms with Crippen molar-refractivity contribution in [3.8, 4) is 11.6 Å². The number of fused-ring (bicyclic) bond motifs is 2. The number of aromatic nitrogens is 4. The Bertz CT molecular complexity index is 1730. The van der Waals surface area contributed by atoms with Gasteiger partial charge in [-0.2, -0.15) is 15.1 Å². The Hall–Kier alpha value is -3.85. The molecule has 0 bridgehead atoms. The monoisotopic (exact) mass is 644 g/mol. The van der Waals surface area contributed by atoms with Crippen molar-refractivity contribution < 1.29 is 42.8 Å². The van der Waals surface area contributed by atoms with Gasteiger partial charge in [0.25, 0.3) is 0 Å². The number of methoxy groups -OCH3 is 1. The fraction of sp³-hybridized carbons (Fsp3) is 0.448. The summed E-state index contributed by atoms with van der Waals surface area (Å²) in [6, 6.07) is 11.4. The number of imidazole rings is 1. The molecule has 16 heteroatoms. The Morgan fingerprint density at radius 3 is 2.67 bits per heavy atom. The van der Waals surface area contributed by atoms with Gasteiger partial charge in [0.2, 0.25) is 11.8 Å². The number of benzene rings is 2. The molecule has 0 aliphatic carbocycles. The van der Waals surface area contributed by atoms with Gasteiger partial charge in [-0.3, -0.25) is 13.9 Å². The number of aliphatic hydroxyl groups excluding tert-OH is 1. The molecule has 6 unspecified atom stereocenters. The van der Waals surface area contributed by atoms with Crippen molar-refractivity contribution >= 4 is 41.6 Å². The Balaban J connectivity index is 1.40. The fourth-order valence-electron chi connectivity index (χ4n) is 4.93. The van der Waals surface area contributed by atoms with Crippen molar-refractivity contribution in [2.75, 3.05) is 26.1 Å². The number of hydrogen-bond donors (Lipinski definition) is 4. The fourth-order valence-corrected chi connectivity index (χ4v) is 6.45. The summed E-state index contributed by atoms with van der Waals surface area (Å²) in [5.41, 5.74) is 4.40. The minimum absolute atomic E-state index is 0.0921. The maximum Gasteiger partial charge on any atom is 0.459 e. The molecular formula is C29H37N6O9P. The lowest BCUT2D eigenvalue weighted by Gasteiger charge is -2.27. The Morgan fingerprint density at radius 2 is 1.93 bits per heavy atom. The number of ether oxygens (including phenoxy) is 3. The van der Waals surface area contributed by atoms with E-state index in [4.69, 9.17) is 29.0 Å². The zero-order chi connectivity index (χ0) is 32.5.